The van der Waals surface area contributed by atoms with E-state index in [1.807, 2.05) is 32.0 Å². The van der Waals surface area contributed by atoms with Crippen molar-refractivity contribution in [3.8, 4) is 11.5 Å². The largest absolute Gasteiger partial charge is 0.506 e. The number of anilines is 1. The maximum absolute atomic E-state index is 11.9. The standard InChI is InChI=1S/C20H26N4O5S/c1-12(2)14-4-3-13(18(10-14)29-11-19(21)26)7-8-24(30(27)28)16-9-15(20(22)23)5-6-17(16)25/h3-6,9-10,12,25H,7-8,11H2,1-2H3,(H2,21,26)(H3,22,23)(H,27,28). The van der Waals surface area contributed by atoms with Gasteiger partial charge in [0.1, 0.15) is 17.3 Å². The summed E-state index contributed by atoms with van der Waals surface area (Å²) < 4.78 is 28.3. The van der Waals surface area contributed by atoms with E-state index >= 15 is 0 Å². The number of benzene rings is 2. The summed E-state index contributed by atoms with van der Waals surface area (Å²) in [5.74, 6) is -0.359. The Hall–Kier alpha value is -3.11. The first-order valence-electron chi connectivity index (χ1n) is 9.20. The first-order chi connectivity index (χ1) is 14.1. The van der Waals surface area contributed by atoms with E-state index in [2.05, 4.69) is 0 Å². The van der Waals surface area contributed by atoms with Crippen LogP contribution in [-0.2, 0) is 22.5 Å². The van der Waals surface area contributed by atoms with Gasteiger partial charge in [0.05, 0.1) is 5.69 Å². The minimum absolute atomic E-state index is 0.0476. The Labute approximate surface area is 177 Å². The molecule has 10 heteroatoms. The number of primary amides is 1. The molecule has 1 unspecified atom stereocenters. The molecule has 9 nitrogen and oxygen atoms in total. The molecule has 0 aliphatic carbocycles. The highest BCUT2D eigenvalue weighted by Gasteiger charge is 2.19. The topological polar surface area (TPSA) is 163 Å². The number of carbonyl (C=O) groups excluding carboxylic acids is 1. The molecule has 0 saturated heterocycles. The van der Waals surface area contributed by atoms with Gasteiger partial charge in [-0.1, -0.05) is 26.0 Å². The number of amides is 1. The van der Waals surface area contributed by atoms with Crippen LogP contribution in [-0.4, -0.2) is 38.8 Å². The van der Waals surface area contributed by atoms with E-state index < -0.39 is 17.2 Å². The van der Waals surface area contributed by atoms with Crippen molar-refractivity contribution in [1.82, 2.24) is 0 Å². The average Bonchev–Trinajstić information content (AvgIpc) is 2.67. The average molecular weight is 435 g/mol. The highest BCUT2D eigenvalue weighted by Crippen LogP contribution is 2.31. The molecule has 0 aliphatic rings. The number of nitrogen functional groups attached to an aromatic ring is 1. The molecule has 0 aromatic heterocycles. The molecule has 7 N–H and O–H groups in total. The van der Waals surface area contributed by atoms with Crippen LogP contribution in [0.3, 0.4) is 0 Å². The van der Waals surface area contributed by atoms with Crippen LogP contribution in [0.5, 0.6) is 11.5 Å². The van der Waals surface area contributed by atoms with Gasteiger partial charge >= 0.3 is 0 Å². The van der Waals surface area contributed by atoms with Gasteiger partial charge < -0.3 is 21.3 Å². The van der Waals surface area contributed by atoms with Crippen LogP contribution in [0.1, 0.15) is 36.5 Å². The lowest BCUT2D eigenvalue weighted by Crippen LogP contribution is -2.28. The van der Waals surface area contributed by atoms with Crippen molar-refractivity contribution in [1.29, 1.82) is 5.41 Å². The highest BCUT2D eigenvalue weighted by molar-refractivity contribution is 7.80. The van der Waals surface area contributed by atoms with Crippen molar-refractivity contribution in [3.63, 3.8) is 0 Å². The molecular formula is C20H26N4O5S. The molecule has 0 spiro atoms. The number of phenols is 1. The molecule has 0 aliphatic heterocycles. The Morgan fingerprint density at radius 2 is 1.93 bits per heavy atom. The van der Waals surface area contributed by atoms with E-state index in [9.17, 15) is 18.7 Å². The zero-order valence-electron chi connectivity index (χ0n) is 16.8. The normalized spacial score (nSPS) is 11.9. The fraction of sp³-hybridized carbons (Fsp3) is 0.300. The number of nitrogens with zero attached hydrogens (tertiary/aromatic N) is 1. The summed E-state index contributed by atoms with van der Waals surface area (Å²) in [4.78, 5) is 11.1. The number of nitrogens with one attached hydrogen (secondary N) is 1. The number of rotatable bonds is 10. The second-order valence-electron chi connectivity index (χ2n) is 6.98. The molecule has 0 fully saturated rings. The smallest absolute Gasteiger partial charge is 0.261 e. The number of phenolic OH excluding ortho intramolecular Hbond substituents is 1. The van der Waals surface area contributed by atoms with Gasteiger partial charge in [-0.15, -0.1) is 0 Å². The molecule has 0 heterocycles. The van der Waals surface area contributed by atoms with Gasteiger partial charge in [0.15, 0.2) is 6.61 Å². The Bertz CT molecular complexity index is 964. The summed E-state index contributed by atoms with van der Waals surface area (Å²) in [7, 11) is 0. The summed E-state index contributed by atoms with van der Waals surface area (Å²) in [6.45, 7) is 3.81. The molecule has 0 saturated carbocycles. The van der Waals surface area contributed by atoms with Gasteiger partial charge in [-0.25, -0.2) is 4.21 Å². The SMILES string of the molecule is CC(C)c1ccc(CCN(c2cc(C(=N)N)ccc2O)S(=O)O)c(OCC(N)=O)c1. The molecule has 2 aromatic carbocycles. The molecule has 30 heavy (non-hydrogen) atoms. The first kappa shape index (κ1) is 23.2. The molecular weight excluding hydrogens is 408 g/mol. The van der Waals surface area contributed by atoms with Crippen LogP contribution in [0, 0.1) is 5.41 Å². The van der Waals surface area contributed by atoms with E-state index in [4.69, 9.17) is 21.6 Å². The van der Waals surface area contributed by atoms with Crippen molar-refractivity contribution in [2.75, 3.05) is 17.5 Å². The van der Waals surface area contributed by atoms with Gasteiger partial charge in [0, 0.05) is 12.1 Å². The van der Waals surface area contributed by atoms with Gasteiger partial charge in [-0.2, -0.15) is 0 Å². The molecule has 2 rings (SSSR count). The lowest BCUT2D eigenvalue weighted by molar-refractivity contribution is -0.119. The zero-order valence-corrected chi connectivity index (χ0v) is 17.6. The molecule has 162 valence electrons. The second kappa shape index (κ2) is 10.1. The summed E-state index contributed by atoms with van der Waals surface area (Å²) >= 11 is -2.44. The van der Waals surface area contributed by atoms with Gasteiger partial charge in [-0.3, -0.25) is 19.1 Å². The van der Waals surface area contributed by atoms with Crippen LogP contribution < -0.4 is 20.5 Å². The van der Waals surface area contributed by atoms with Crippen molar-refractivity contribution >= 4 is 28.7 Å². The van der Waals surface area contributed by atoms with Crippen molar-refractivity contribution in [2.45, 2.75) is 26.2 Å². The fourth-order valence-corrected chi connectivity index (χ4v) is 3.38. The van der Waals surface area contributed by atoms with Crippen molar-refractivity contribution in [3.05, 3.63) is 53.1 Å². The maximum atomic E-state index is 11.9. The lowest BCUT2D eigenvalue weighted by atomic mass is 9.99. The van der Waals surface area contributed by atoms with Crippen molar-refractivity contribution < 1.29 is 23.4 Å². The van der Waals surface area contributed by atoms with E-state index in [1.165, 1.54) is 18.2 Å². The highest BCUT2D eigenvalue weighted by atomic mass is 32.2. The van der Waals surface area contributed by atoms with Crippen LogP contribution in [0.15, 0.2) is 36.4 Å². The quantitative estimate of drug-likeness (QED) is 0.218. The van der Waals surface area contributed by atoms with Crippen LogP contribution >= 0.6 is 0 Å². The van der Waals surface area contributed by atoms with Crippen LogP contribution in [0.25, 0.3) is 0 Å². The Morgan fingerprint density at radius 3 is 2.50 bits per heavy atom. The molecule has 1 atom stereocenters. The minimum Gasteiger partial charge on any atom is -0.506 e. The van der Waals surface area contributed by atoms with E-state index in [1.54, 1.807) is 0 Å². The number of hydrogen-bond acceptors (Lipinski definition) is 5. The zero-order chi connectivity index (χ0) is 22.4. The van der Waals surface area contributed by atoms with Crippen molar-refractivity contribution in [2.24, 2.45) is 11.5 Å². The Kier molecular flexibility index (Phi) is 7.79. The lowest BCUT2D eigenvalue weighted by Gasteiger charge is -2.22. The minimum atomic E-state index is -2.44. The summed E-state index contributed by atoms with van der Waals surface area (Å²) in [6.07, 6.45) is 0.280. The molecule has 0 bridgehead atoms. The molecule has 0 radical (unpaired) electrons. The summed E-state index contributed by atoms with van der Waals surface area (Å²) in [5, 5.41) is 17.7. The van der Waals surface area contributed by atoms with Crippen LogP contribution in [0.2, 0.25) is 0 Å². The van der Waals surface area contributed by atoms with Gasteiger partial charge in [0.2, 0.25) is 0 Å². The molecule has 2 aromatic rings. The maximum Gasteiger partial charge on any atom is 0.261 e. The van der Waals surface area contributed by atoms with Gasteiger partial charge in [0.25, 0.3) is 17.2 Å². The van der Waals surface area contributed by atoms with E-state index in [-0.39, 0.29) is 42.8 Å². The predicted octanol–water partition coefficient (Wildman–Crippen LogP) is 1.85. The number of amidine groups is 1. The monoisotopic (exact) mass is 434 g/mol. The number of ether oxygens (including phenoxy) is 1. The third kappa shape index (κ3) is 5.94. The Morgan fingerprint density at radius 1 is 1.23 bits per heavy atom. The first-order valence-corrected chi connectivity index (χ1v) is 10.3. The number of carbonyl (C=O) groups is 1. The van der Waals surface area contributed by atoms with Gasteiger partial charge in [-0.05, 0) is 47.7 Å². The van der Waals surface area contributed by atoms with E-state index in [0.29, 0.717) is 16.9 Å². The third-order valence-corrected chi connectivity index (χ3v) is 5.21. The molecule has 1 amide bonds. The van der Waals surface area contributed by atoms with Crippen LogP contribution in [0.4, 0.5) is 5.69 Å². The number of hydrogen-bond donors (Lipinski definition) is 5. The fourth-order valence-electron chi connectivity index (χ4n) is 2.82. The summed E-state index contributed by atoms with van der Waals surface area (Å²) in [6, 6.07) is 9.70. The summed E-state index contributed by atoms with van der Waals surface area (Å²) in [5.41, 5.74) is 12.8. The van der Waals surface area contributed by atoms with E-state index in [0.717, 1.165) is 9.87 Å². The number of nitrogens with two attached hydrogens (primary N) is 2. The Balaban J connectivity index is 2.32. The third-order valence-electron chi connectivity index (χ3n) is 4.46. The predicted molar refractivity (Wildman–Crippen MR) is 116 cm³/mol. The second-order valence-corrected chi connectivity index (χ2v) is 7.88. The number of aromatic hydroxyl groups is 1.